The Labute approximate surface area is 89.8 Å². The normalized spacial score (nSPS) is 12.7. The molecule has 0 aliphatic carbocycles. The molecule has 0 amide bonds. The fourth-order valence-electron chi connectivity index (χ4n) is 1.15. The molecule has 2 nitrogen and oxygen atoms in total. The Morgan fingerprint density at radius 3 is 2.46 bits per heavy atom. The van der Waals surface area contributed by atoms with Gasteiger partial charge in [0, 0.05) is 0 Å². The second-order valence-corrected chi connectivity index (χ2v) is 3.75. The molecule has 0 saturated carbocycles. The van der Waals surface area contributed by atoms with Crippen LogP contribution >= 0.6 is 24.0 Å². The number of hydrogen-bond acceptors (Lipinski definition) is 2. The highest BCUT2D eigenvalue weighted by Crippen LogP contribution is 2.22. The molecule has 1 atom stereocenters. The first-order valence-corrected chi connectivity index (χ1v) is 4.48. The highest BCUT2D eigenvalue weighted by Gasteiger charge is 2.11. The Morgan fingerprint density at radius 2 is 2.08 bits per heavy atom. The molecule has 0 aliphatic heterocycles. The van der Waals surface area contributed by atoms with Crippen LogP contribution < -0.4 is 5.73 Å². The molecule has 0 fully saturated rings. The van der Waals surface area contributed by atoms with Crippen LogP contribution in [0.2, 0.25) is 5.22 Å². The number of nitrogens with two attached hydrogens (primary N) is 1. The highest BCUT2D eigenvalue weighted by atomic mass is 35.5. The summed E-state index contributed by atoms with van der Waals surface area (Å²) in [5.74, 6) is 1.34. The lowest BCUT2D eigenvalue weighted by Crippen LogP contribution is -2.11. The van der Waals surface area contributed by atoms with Crippen LogP contribution in [-0.2, 0) is 0 Å². The Morgan fingerprint density at radius 1 is 1.46 bits per heavy atom. The van der Waals surface area contributed by atoms with Crippen molar-refractivity contribution in [3.8, 4) is 0 Å². The maximum atomic E-state index is 5.86. The summed E-state index contributed by atoms with van der Waals surface area (Å²) in [7, 11) is 0. The maximum absolute atomic E-state index is 5.86. The van der Waals surface area contributed by atoms with E-state index in [1.807, 2.05) is 6.07 Å². The third-order valence-electron chi connectivity index (χ3n) is 1.68. The van der Waals surface area contributed by atoms with Crippen LogP contribution in [0.4, 0.5) is 0 Å². The number of halogens is 2. The lowest BCUT2D eigenvalue weighted by atomic mass is 10.0. The van der Waals surface area contributed by atoms with Crippen LogP contribution in [0, 0.1) is 5.92 Å². The lowest BCUT2D eigenvalue weighted by Gasteiger charge is -2.10. The Hall–Kier alpha value is -0.180. The monoisotopic (exact) mass is 223 g/mol. The minimum atomic E-state index is -0.0301. The minimum absolute atomic E-state index is 0. The van der Waals surface area contributed by atoms with Gasteiger partial charge in [-0.15, -0.1) is 12.4 Å². The van der Waals surface area contributed by atoms with E-state index in [0.717, 1.165) is 12.2 Å². The molecule has 0 aliphatic rings. The third-order valence-corrected chi connectivity index (χ3v) is 1.89. The zero-order chi connectivity index (χ0) is 9.14. The van der Waals surface area contributed by atoms with E-state index in [0.29, 0.717) is 11.1 Å². The molecule has 1 aromatic rings. The van der Waals surface area contributed by atoms with Gasteiger partial charge in [0.05, 0.1) is 6.04 Å². The van der Waals surface area contributed by atoms with Crippen molar-refractivity contribution in [1.29, 1.82) is 0 Å². The molecule has 0 spiro atoms. The SMILES string of the molecule is CC(C)C[C@@H](N)c1ccc(Cl)o1.Cl. The van der Waals surface area contributed by atoms with Gasteiger partial charge in [0.15, 0.2) is 5.22 Å². The molecule has 0 bridgehead atoms. The molecular weight excluding hydrogens is 209 g/mol. The molecule has 1 heterocycles. The summed E-state index contributed by atoms with van der Waals surface area (Å²) in [5, 5.41) is 0.407. The summed E-state index contributed by atoms with van der Waals surface area (Å²) in [6.07, 6.45) is 0.920. The van der Waals surface area contributed by atoms with Crippen LogP contribution in [0.5, 0.6) is 0 Å². The van der Waals surface area contributed by atoms with E-state index < -0.39 is 0 Å². The molecule has 1 rings (SSSR count). The zero-order valence-corrected chi connectivity index (χ0v) is 9.36. The van der Waals surface area contributed by atoms with E-state index in [1.165, 1.54) is 0 Å². The van der Waals surface area contributed by atoms with Crippen LogP contribution in [0.25, 0.3) is 0 Å². The molecule has 4 heteroatoms. The minimum Gasteiger partial charge on any atom is -0.448 e. The van der Waals surface area contributed by atoms with E-state index in [-0.39, 0.29) is 18.4 Å². The van der Waals surface area contributed by atoms with Gasteiger partial charge in [-0.2, -0.15) is 0 Å². The van der Waals surface area contributed by atoms with Crippen LogP contribution in [0.3, 0.4) is 0 Å². The average molecular weight is 224 g/mol. The van der Waals surface area contributed by atoms with Crippen molar-refractivity contribution in [3.63, 3.8) is 0 Å². The van der Waals surface area contributed by atoms with Crippen molar-refractivity contribution in [2.24, 2.45) is 11.7 Å². The smallest absolute Gasteiger partial charge is 0.193 e. The first kappa shape index (κ1) is 12.8. The molecule has 0 aromatic carbocycles. The largest absolute Gasteiger partial charge is 0.448 e. The van der Waals surface area contributed by atoms with Crippen molar-refractivity contribution in [2.75, 3.05) is 0 Å². The first-order valence-electron chi connectivity index (χ1n) is 4.10. The standard InChI is InChI=1S/C9H14ClNO.ClH/c1-6(2)5-7(11)8-3-4-9(10)12-8;/h3-4,6-7H,5,11H2,1-2H3;1H/t7-;/m1./s1. The summed E-state index contributed by atoms with van der Waals surface area (Å²) in [4.78, 5) is 0. The molecule has 13 heavy (non-hydrogen) atoms. The topological polar surface area (TPSA) is 39.2 Å². The van der Waals surface area contributed by atoms with Gasteiger partial charge in [0.25, 0.3) is 0 Å². The quantitative estimate of drug-likeness (QED) is 0.854. The molecule has 1 aromatic heterocycles. The summed E-state index contributed by atoms with van der Waals surface area (Å²) in [6, 6.07) is 3.52. The van der Waals surface area contributed by atoms with Gasteiger partial charge in [0.2, 0.25) is 0 Å². The van der Waals surface area contributed by atoms with Gasteiger partial charge in [-0.05, 0) is 36.1 Å². The number of rotatable bonds is 3. The van der Waals surface area contributed by atoms with Gasteiger partial charge in [-0.25, -0.2) is 0 Å². The van der Waals surface area contributed by atoms with Gasteiger partial charge < -0.3 is 10.2 Å². The third kappa shape index (κ3) is 4.03. The van der Waals surface area contributed by atoms with Gasteiger partial charge in [-0.1, -0.05) is 13.8 Å². The molecule has 76 valence electrons. The van der Waals surface area contributed by atoms with Crippen molar-refractivity contribution in [1.82, 2.24) is 0 Å². The van der Waals surface area contributed by atoms with E-state index in [9.17, 15) is 0 Å². The Kier molecular flexibility index (Phi) is 5.45. The molecular formula is C9H15Cl2NO. The van der Waals surface area contributed by atoms with Crippen LogP contribution in [0.15, 0.2) is 16.5 Å². The van der Waals surface area contributed by atoms with E-state index in [1.54, 1.807) is 6.07 Å². The summed E-state index contributed by atoms with van der Waals surface area (Å²) >= 11 is 5.62. The van der Waals surface area contributed by atoms with Gasteiger partial charge in [0.1, 0.15) is 5.76 Å². The maximum Gasteiger partial charge on any atom is 0.193 e. The fourth-order valence-corrected chi connectivity index (χ4v) is 1.30. The van der Waals surface area contributed by atoms with Crippen molar-refractivity contribution in [3.05, 3.63) is 23.1 Å². The highest BCUT2D eigenvalue weighted by molar-refractivity contribution is 6.28. The van der Waals surface area contributed by atoms with Crippen LogP contribution in [-0.4, -0.2) is 0 Å². The first-order chi connectivity index (χ1) is 5.59. The predicted molar refractivity (Wildman–Crippen MR) is 57.3 cm³/mol. The fraction of sp³-hybridized carbons (Fsp3) is 0.556. The van der Waals surface area contributed by atoms with E-state index in [4.69, 9.17) is 21.8 Å². The summed E-state index contributed by atoms with van der Waals surface area (Å²) in [6.45, 7) is 4.26. The second-order valence-electron chi connectivity index (χ2n) is 3.38. The van der Waals surface area contributed by atoms with Crippen LogP contribution in [0.1, 0.15) is 32.1 Å². The zero-order valence-electron chi connectivity index (χ0n) is 7.79. The summed E-state index contributed by atoms with van der Waals surface area (Å²) in [5.41, 5.74) is 5.86. The predicted octanol–water partition coefficient (Wildman–Crippen LogP) is 3.40. The van der Waals surface area contributed by atoms with E-state index in [2.05, 4.69) is 13.8 Å². The van der Waals surface area contributed by atoms with Crippen molar-refractivity contribution >= 4 is 24.0 Å². The second kappa shape index (κ2) is 5.53. The van der Waals surface area contributed by atoms with Crippen molar-refractivity contribution in [2.45, 2.75) is 26.3 Å². The average Bonchev–Trinajstić information content (AvgIpc) is 2.34. The number of hydrogen-bond donors (Lipinski definition) is 1. The van der Waals surface area contributed by atoms with Crippen molar-refractivity contribution < 1.29 is 4.42 Å². The van der Waals surface area contributed by atoms with Gasteiger partial charge >= 0.3 is 0 Å². The lowest BCUT2D eigenvalue weighted by molar-refractivity contribution is 0.417. The number of furan rings is 1. The molecule has 0 unspecified atom stereocenters. The molecule has 2 N–H and O–H groups in total. The van der Waals surface area contributed by atoms with Gasteiger partial charge in [-0.3, -0.25) is 0 Å². The molecule has 0 saturated heterocycles. The molecule has 0 radical (unpaired) electrons. The summed E-state index contributed by atoms with van der Waals surface area (Å²) < 4.78 is 5.19. The Balaban J connectivity index is 0.00000144. The van der Waals surface area contributed by atoms with E-state index >= 15 is 0 Å². The Bertz CT molecular complexity index is 248.